The molecule has 0 fully saturated rings. The van der Waals surface area contributed by atoms with Crippen LogP contribution in [0.1, 0.15) is 13.3 Å². The van der Waals surface area contributed by atoms with Crippen LogP contribution in [0.15, 0.2) is 0 Å². The average molecular weight is 293 g/mol. The first kappa shape index (κ1) is 15.1. The summed E-state index contributed by atoms with van der Waals surface area (Å²) in [6, 6.07) is 0. The number of hydrogen-bond donors (Lipinski definition) is 4. The van der Waals surface area contributed by atoms with Crippen LogP contribution in [0.5, 0.6) is 0 Å². The lowest BCUT2D eigenvalue weighted by molar-refractivity contribution is 1.02. The van der Waals surface area contributed by atoms with Crippen molar-refractivity contribution in [1.29, 1.82) is 0 Å². The van der Waals surface area contributed by atoms with Crippen LogP contribution in [0.3, 0.4) is 0 Å². The number of thiol groups is 4. The Kier molecular flexibility index (Phi) is 9.61. The molecule has 0 amide bonds. The van der Waals surface area contributed by atoms with E-state index in [0.29, 0.717) is 4.58 Å². The third kappa shape index (κ3) is 5.66. The maximum Gasteiger partial charge on any atom is 0.0804 e. The van der Waals surface area contributed by atoms with Gasteiger partial charge in [-0.1, -0.05) is 6.92 Å². The van der Waals surface area contributed by atoms with Crippen molar-refractivity contribution in [2.75, 3.05) is 16.6 Å². The van der Waals surface area contributed by atoms with Gasteiger partial charge in [-0.15, -0.1) is 23.5 Å². The first-order chi connectivity index (χ1) is 6.14. The molecule has 1 atom stereocenters. The maximum absolute atomic E-state index is 4.48. The van der Waals surface area contributed by atoms with E-state index in [0.717, 1.165) is 23.0 Å². The highest BCUT2D eigenvalue weighted by molar-refractivity contribution is 8.25. The molecular weight excluding hydrogens is 276 g/mol. The van der Waals surface area contributed by atoms with E-state index in [1.165, 1.54) is 0 Å². The van der Waals surface area contributed by atoms with Crippen LogP contribution in [0, 0.1) is 0 Å². The van der Waals surface area contributed by atoms with E-state index < -0.39 is 0 Å². The molecule has 0 spiro atoms. The van der Waals surface area contributed by atoms with Crippen molar-refractivity contribution in [2.45, 2.75) is 22.0 Å². The number of thioether (sulfide) groups is 2. The molecule has 0 bridgehead atoms. The molecule has 0 aromatic carbocycles. The van der Waals surface area contributed by atoms with E-state index in [1.54, 1.807) is 11.8 Å². The van der Waals surface area contributed by atoms with Crippen LogP contribution in [-0.2, 0) is 0 Å². The van der Waals surface area contributed by atoms with Crippen LogP contribution < -0.4 is 0 Å². The number of rotatable bonds is 7. The summed E-state index contributed by atoms with van der Waals surface area (Å²) in [5.74, 6) is 1.62. The van der Waals surface area contributed by atoms with Gasteiger partial charge in [0.2, 0.25) is 0 Å². The molecule has 0 aliphatic rings. The summed E-state index contributed by atoms with van der Waals surface area (Å²) in [6.45, 7) is 2.14. The standard InChI is InChI=1S/C7H16S6/c1-2-6(11)13-7(3-8,4-9)12-5-10/h6,8-11H,2-5H2,1H3. The van der Waals surface area contributed by atoms with Crippen molar-refractivity contribution < 1.29 is 0 Å². The summed E-state index contributed by atoms with van der Waals surface area (Å²) in [5.41, 5.74) is 0. The van der Waals surface area contributed by atoms with Crippen molar-refractivity contribution in [1.82, 2.24) is 0 Å². The highest BCUT2D eigenvalue weighted by Gasteiger charge is 2.29. The molecule has 0 rings (SSSR count). The molecule has 0 radical (unpaired) electrons. The van der Waals surface area contributed by atoms with Crippen molar-refractivity contribution in [3.8, 4) is 0 Å². The molecule has 0 N–H and O–H groups in total. The van der Waals surface area contributed by atoms with Crippen molar-refractivity contribution in [3.05, 3.63) is 0 Å². The third-order valence-corrected chi connectivity index (χ3v) is 7.42. The molecular formula is C7H16S6. The van der Waals surface area contributed by atoms with E-state index in [2.05, 4.69) is 57.4 Å². The Morgan fingerprint density at radius 3 is 2.08 bits per heavy atom. The van der Waals surface area contributed by atoms with Gasteiger partial charge in [0.05, 0.1) is 4.08 Å². The molecule has 0 aromatic rings. The monoisotopic (exact) mass is 292 g/mol. The highest BCUT2D eigenvalue weighted by atomic mass is 32.2. The fourth-order valence-electron chi connectivity index (χ4n) is 0.699. The lowest BCUT2D eigenvalue weighted by Crippen LogP contribution is -2.27. The largest absolute Gasteiger partial charge is 0.177 e. The van der Waals surface area contributed by atoms with Crippen molar-refractivity contribution >= 4 is 74.0 Å². The zero-order valence-electron chi connectivity index (χ0n) is 7.51. The van der Waals surface area contributed by atoms with E-state index in [9.17, 15) is 0 Å². The van der Waals surface area contributed by atoms with Gasteiger partial charge in [0.25, 0.3) is 0 Å². The van der Waals surface area contributed by atoms with Gasteiger partial charge in [0.1, 0.15) is 0 Å². The first-order valence-electron chi connectivity index (χ1n) is 3.96. The quantitative estimate of drug-likeness (QED) is 0.418. The molecule has 0 heterocycles. The average Bonchev–Trinajstić information content (AvgIpc) is 2.17. The van der Waals surface area contributed by atoms with E-state index >= 15 is 0 Å². The van der Waals surface area contributed by atoms with Gasteiger partial charge in [-0.05, 0) is 6.42 Å². The summed E-state index contributed by atoms with van der Waals surface area (Å²) < 4.78 is 0.433. The van der Waals surface area contributed by atoms with Crippen LogP contribution >= 0.6 is 74.0 Å². The molecule has 6 heteroatoms. The Morgan fingerprint density at radius 2 is 1.77 bits per heavy atom. The van der Waals surface area contributed by atoms with Gasteiger partial charge in [-0.3, -0.25) is 0 Å². The predicted octanol–water partition coefficient (Wildman–Crippen LogP) is 3.56. The Labute approximate surface area is 112 Å². The van der Waals surface area contributed by atoms with Gasteiger partial charge < -0.3 is 0 Å². The Morgan fingerprint density at radius 1 is 1.23 bits per heavy atom. The Bertz CT molecular complexity index is 124. The minimum Gasteiger partial charge on any atom is -0.177 e. The van der Waals surface area contributed by atoms with Gasteiger partial charge in [0, 0.05) is 21.2 Å². The Balaban J connectivity index is 4.19. The molecule has 0 aliphatic carbocycles. The van der Waals surface area contributed by atoms with Gasteiger partial charge in [-0.25, -0.2) is 0 Å². The van der Waals surface area contributed by atoms with E-state index in [4.69, 9.17) is 0 Å². The van der Waals surface area contributed by atoms with Crippen LogP contribution in [0.4, 0.5) is 0 Å². The van der Waals surface area contributed by atoms with Gasteiger partial charge in [-0.2, -0.15) is 50.5 Å². The maximum atomic E-state index is 4.48. The minimum absolute atomic E-state index is 0.0659. The molecule has 80 valence electrons. The van der Waals surface area contributed by atoms with E-state index in [1.807, 2.05) is 11.8 Å². The molecule has 1 unspecified atom stereocenters. The molecule has 0 saturated heterocycles. The smallest absolute Gasteiger partial charge is 0.0804 e. The zero-order valence-corrected chi connectivity index (χ0v) is 12.7. The first-order valence-corrected chi connectivity index (χ1v) is 8.24. The minimum atomic E-state index is 0.0659. The topological polar surface area (TPSA) is 0 Å². The van der Waals surface area contributed by atoms with Crippen LogP contribution in [0.25, 0.3) is 0 Å². The SMILES string of the molecule is CCC(S)SC(CS)(CS)SCS. The molecule has 0 nitrogen and oxygen atoms in total. The van der Waals surface area contributed by atoms with Crippen molar-refractivity contribution in [2.24, 2.45) is 0 Å². The number of hydrogen-bond acceptors (Lipinski definition) is 6. The lowest BCUT2D eigenvalue weighted by atomic mass is 10.5. The summed E-state index contributed by atoms with van der Waals surface area (Å²) in [5, 5.41) is 0.804. The second kappa shape index (κ2) is 8.28. The second-order valence-corrected chi connectivity index (χ2v) is 8.03. The second-order valence-electron chi connectivity index (χ2n) is 2.48. The fraction of sp³-hybridized carbons (Fsp3) is 1.00. The molecule has 0 aliphatic heterocycles. The summed E-state index contributed by atoms with van der Waals surface area (Å²) in [6.07, 6.45) is 1.06. The van der Waals surface area contributed by atoms with Gasteiger partial charge >= 0.3 is 0 Å². The summed E-state index contributed by atoms with van der Waals surface area (Å²) >= 11 is 21.1. The van der Waals surface area contributed by atoms with Crippen LogP contribution in [0.2, 0.25) is 0 Å². The Hall–Kier alpha value is 2.10. The normalized spacial score (nSPS) is 14.5. The zero-order chi connectivity index (χ0) is 10.3. The highest BCUT2D eigenvalue weighted by Crippen LogP contribution is 2.43. The summed E-state index contributed by atoms with van der Waals surface area (Å²) in [7, 11) is 0. The summed E-state index contributed by atoms with van der Waals surface area (Å²) in [4.78, 5) is 0. The van der Waals surface area contributed by atoms with Gasteiger partial charge in [0.15, 0.2) is 0 Å². The van der Waals surface area contributed by atoms with Crippen LogP contribution in [-0.4, -0.2) is 25.3 Å². The van der Waals surface area contributed by atoms with Crippen molar-refractivity contribution in [3.63, 3.8) is 0 Å². The predicted molar refractivity (Wildman–Crippen MR) is 82.5 cm³/mol. The lowest BCUT2D eigenvalue weighted by Gasteiger charge is -2.31. The molecule has 13 heavy (non-hydrogen) atoms. The van der Waals surface area contributed by atoms with E-state index in [-0.39, 0.29) is 4.08 Å². The fourth-order valence-corrected chi connectivity index (χ4v) is 5.94. The third-order valence-electron chi connectivity index (χ3n) is 1.51. The molecule has 0 aromatic heterocycles. The molecule has 0 saturated carbocycles.